The molecule has 0 aliphatic heterocycles. The van der Waals surface area contributed by atoms with Crippen molar-refractivity contribution < 1.29 is 19.1 Å². The topological polar surface area (TPSA) is 52.6 Å². The Hall–Kier alpha value is -7.30. The summed E-state index contributed by atoms with van der Waals surface area (Å²) in [6.45, 7) is 4.46. The lowest BCUT2D eigenvalue weighted by Gasteiger charge is -2.22. The number of benzene rings is 10. The lowest BCUT2D eigenvalue weighted by atomic mass is 9.84. The van der Waals surface area contributed by atoms with E-state index >= 15 is 0 Å². The lowest BCUT2D eigenvalue weighted by Crippen LogP contribution is -2.10. The van der Waals surface area contributed by atoms with E-state index in [2.05, 4.69) is 86.6 Å². The summed E-state index contributed by atoms with van der Waals surface area (Å²) in [6, 6.07) is 57.5. The summed E-state index contributed by atoms with van der Waals surface area (Å²) in [6.07, 6.45) is 8.60. The first kappa shape index (κ1) is 40.8. The van der Waals surface area contributed by atoms with E-state index in [9.17, 15) is 9.59 Å². The van der Waals surface area contributed by atoms with Crippen molar-refractivity contribution in [3.8, 4) is 22.6 Å². The summed E-state index contributed by atoms with van der Waals surface area (Å²) in [5, 5.41) is 11.5. The van der Waals surface area contributed by atoms with Crippen molar-refractivity contribution >= 4 is 76.6 Å². The van der Waals surface area contributed by atoms with Crippen LogP contribution < -0.4 is 9.47 Å². The molecule has 0 saturated heterocycles. The molecule has 64 heavy (non-hydrogen) atoms. The molecule has 0 aliphatic carbocycles. The number of unbranched alkanes of at least 4 members (excludes halogenated alkanes) is 4. The maximum absolute atomic E-state index is 14.3. The molecular weight excluding hydrogens is 785 g/mol. The number of carbonyl (C=O) groups is 2. The minimum Gasteiger partial charge on any atom is -0.422 e. The van der Waals surface area contributed by atoms with Crippen molar-refractivity contribution in [3.63, 3.8) is 0 Å². The van der Waals surface area contributed by atoms with Crippen molar-refractivity contribution in [2.24, 2.45) is 0 Å². The lowest BCUT2D eigenvalue weighted by molar-refractivity contribution is 0.0730. The van der Waals surface area contributed by atoms with E-state index in [1.165, 1.54) is 11.1 Å². The van der Waals surface area contributed by atoms with Crippen LogP contribution in [-0.4, -0.2) is 11.9 Å². The zero-order valence-electron chi connectivity index (χ0n) is 36.5. The minimum atomic E-state index is -0.401. The van der Waals surface area contributed by atoms with Gasteiger partial charge in [0.1, 0.15) is 11.5 Å². The largest absolute Gasteiger partial charge is 0.422 e. The Kier molecular flexibility index (Phi) is 11.3. The Balaban J connectivity index is 1.22. The van der Waals surface area contributed by atoms with Gasteiger partial charge in [-0.25, -0.2) is 9.59 Å². The molecule has 10 aromatic carbocycles. The van der Waals surface area contributed by atoms with Crippen molar-refractivity contribution in [3.05, 3.63) is 192 Å². The van der Waals surface area contributed by atoms with Crippen LogP contribution in [0.4, 0.5) is 0 Å². The van der Waals surface area contributed by atoms with Gasteiger partial charge in [0.2, 0.25) is 0 Å². The van der Waals surface area contributed by atoms with Crippen molar-refractivity contribution in [2.45, 2.75) is 65.2 Å². The number of rotatable bonds is 13. The van der Waals surface area contributed by atoms with Crippen LogP contribution in [0.2, 0.25) is 0 Å². The summed E-state index contributed by atoms with van der Waals surface area (Å²) in [4.78, 5) is 28.5. The average molecular weight is 835 g/mol. The maximum atomic E-state index is 14.3. The molecule has 10 rings (SSSR count). The van der Waals surface area contributed by atoms with Gasteiger partial charge in [0.05, 0.1) is 11.1 Å². The number of esters is 2. The molecular formula is C60H50O4. The standard InChI is InChI=1S/C60H50O4/c1-3-5-7-17-39-27-33-51-53(35-39)55(47-23-13-15-25-49(47)57(51)63-59(61)45-31-29-41-19-9-11-21-43(41)37-45)56-48-24-14-16-26-50(48)58(52-34-28-40(36-54(52)56)18-8-6-4-2)64-60(62)46-32-30-42-20-10-12-22-44(42)38-46/h9-16,19-38H,3-8,17-18H2,1-2H3. The number of hydrogen-bond acceptors (Lipinski definition) is 4. The highest BCUT2D eigenvalue weighted by molar-refractivity contribution is 6.27. The molecule has 0 aliphatic rings. The Morgan fingerprint density at radius 1 is 0.359 bits per heavy atom. The van der Waals surface area contributed by atoms with Crippen molar-refractivity contribution in [2.75, 3.05) is 0 Å². The molecule has 0 radical (unpaired) electrons. The van der Waals surface area contributed by atoms with Gasteiger partial charge in [-0.2, -0.15) is 0 Å². The van der Waals surface area contributed by atoms with Crippen LogP contribution in [-0.2, 0) is 12.8 Å². The van der Waals surface area contributed by atoms with E-state index in [-0.39, 0.29) is 0 Å². The zero-order chi connectivity index (χ0) is 43.6. The number of aryl methyl sites for hydroxylation is 2. The molecule has 314 valence electrons. The summed E-state index contributed by atoms with van der Waals surface area (Å²) in [5.41, 5.74) is 5.59. The SMILES string of the molecule is CCCCCc1ccc2c(OC(=O)c3ccc4ccccc4c3)c3ccccc3c(-c3c4ccccc4c(OC(=O)c4ccc5ccccc5c4)c4ccc(CCCCC)cc34)c2c1. The molecule has 0 N–H and O–H groups in total. The fourth-order valence-electron chi connectivity index (χ4n) is 9.53. The molecule has 0 aromatic heterocycles. The first-order valence-corrected chi connectivity index (χ1v) is 22.9. The first-order chi connectivity index (χ1) is 31.5. The third-order valence-corrected chi connectivity index (χ3v) is 12.8. The van der Waals surface area contributed by atoms with Crippen molar-refractivity contribution in [1.29, 1.82) is 0 Å². The van der Waals surface area contributed by atoms with Crippen LogP contribution >= 0.6 is 0 Å². The van der Waals surface area contributed by atoms with Gasteiger partial charge in [-0.05, 0) is 115 Å². The van der Waals surface area contributed by atoms with E-state index in [0.29, 0.717) is 22.6 Å². The molecule has 0 bridgehead atoms. The molecule has 10 aromatic rings. The van der Waals surface area contributed by atoms with Gasteiger partial charge in [-0.3, -0.25) is 0 Å². The van der Waals surface area contributed by atoms with Crippen LogP contribution in [0.1, 0.15) is 84.2 Å². The van der Waals surface area contributed by atoms with Crippen LogP contribution in [0.25, 0.3) is 75.8 Å². The molecule has 0 amide bonds. The summed E-state index contributed by atoms with van der Waals surface area (Å²) >= 11 is 0. The van der Waals surface area contributed by atoms with Gasteiger partial charge < -0.3 is 9.47 Å². The first-order valence-electron chi connectivity index (χ1n) is 22.9. The summed E-state index contributed by atoms with van der Waals surface area (Å²) < 4.78 is 13.2. The second-order valence-electron chi connectivity index (χ2n) is 17.1. The smallest absolute Gasteiger partial charge is 0.343 e. The van der Waals surface area contributed by atoms with Gasteiger partial charge in [0.15, 0.2) is 0 Å². The summed E-state index contributed by atoms with van der Waals surface area (Å²) in [5.74, 6) is 0.286. The fraction of sp³-hybridized carbons (Fsp3) is 0.167. The van der Waals surface area contributed by atoms with Gasteiger partial charge in [-0.1, -0.05) is 185 Å². The number of carbonyl (C=O) groups excluding carboxylic acids is 2. The molecule has 0 atom stereocenters. The Morgan fingerprint density at radius 2 is 0.734 bits per heavy atom. The minimum absolute atomic E-state index is 0.401. The molecule has 4 nitrogen and oxygen atoms in total. The van der Waals surface area contributed by atoms with E-state index in [1.54, 1.807) is 0 Å². The predicted octanol–water partition coefficient (Wildman–Crippen LogP) is 16.2. The van der Waals surface area contributed by atoms with E-state index in [0.717, 1.165) is 127 Å². The second-order valence-corrected chi connectivity index (χ2v) is 17.1. The van der Waals surface area contributed by atoms with Gasteiger partial charge in [0, 0.05) is 21.5 Å². The van der Waals surface area contributed by atoms with Crippen LogP contribution in [0.3, 0.4) is 0 Å². The fourth-order valence-corrected chi connectivity index (χ4v) is 9.53. The monoisotopic (exact) mass is 834 g/mol. The number of fused-ring (bicyclic) bond motifs is 6. The van der Waals surface area contributed by atoms with E-state index < -0.39 is 11.9 Å². The normalized spacial score (nSPS) is 11.6. The van der Waals surface area contributed by atoms with Crippen molar-refractivity contribution in [1.82, 2.24) is 0 Å². The molecule has 0 unspecified atom stereocenters. The maximum Gasteiger partial charge on any atom is 0.343 e. The van der Waals surface area contributed by atoms with Gasteiger partial charge >= 0.3 is 11.9 Å². The predicted molar refractivity (Wildman–Crippen MR) is 266 cm³/mol. The highest BCUT2D eigenvalue weighted by atomic mass is 16.5. The molecule has 0 saturated carbocycles. The number of ether oxygens (including phenoxy) is 2. The Labute approximate surface area is 374 Å². The Bertz CT molecular complexity index is 3190. The molecule has 0 spiro atoms. The number of hydrogen-bond donors (Lipinski definition) is 0. The van der Waals surface area contributed by atoms with Crippen LogP contribution in [0.5, 0.6) is 11.5 Å². The quantitative estimate of drug-likeness (QED) is 0.0502. The average Bonchev–Trinajstić information content (AvgIpc) is 3.34. The molecule has 0 heterocycles. The summed E-state index contributed by atoms with van der Waals surface area (Å²) in [7, 11) is 0. The van der Waals surface area contributed by atoms with Gasteiger partial charge in [0.25, 0.3) is 0 Å². The zero-order valence-corrected chi connectivity index (χ0v) is 36.5. The third kappa shape index (κ3) is 7.75. The van der Waals surface area contributed by atoms with E-state index in [1.807, 2.05) is 97.1 Å². The Morgan fingerprint density at radius 3 is 1.16 bits per heavy atom. The van der Waals surface area contributed by atoms with E-state index in [4.69, 9.17) is 9.47 Å². The van der Waals surface area contributed by atoms with Gasteiger partial charge in [-0.15, -0.1) is 0 Å². The highest BCUT2D eigenvalue weighted by Gasteiger charge is 2.25. The molecule has 0 fully saturated rings. The van der Waals surface area contributed by atoms with Crippen LogP contribution in [0, 0.1) is 0 Å². The molecule has 4 heteroatoms. The third-order valence-electron chi connectivity index (χ3n) is 12.8. The van der Waals surface area contributed by atoms with Crippen LogP contribution in [0.15, 0.2) is 170 Å². The highest BCUT2D eigenvalue weighted by Crippen LogP contribution is 2.50. The second kappa shape index (κ2) is 17.8.